The number of thiophene rings is 1. The van der Waals surface area contributed by atoms with Crippen LogP contribution >= 0.6 is 23.7 Å². The molecule has 6 heteroatoms. The summed E-state index contributed by atoms with van der Waals surface area (Å²) in [4.78, 5) is 16.0. The maximum absolute atomic E-state index is 12.3. The van der Waals surface area contributed by atoms with Gasteiger partial charge in [0.2, 0.25) is 0 Å². The van der Waals surface area contributed by atoms with E-state index in [2.05, 4.69) is 0 Å². The molecule has 0 aromatic carbocycles. The maximum atomic E-state index is 12.3. The summed E-state index contributed by atoms with van der Waals surface area (Å²) in [5.74, 6) is 0.763. The molecule has 2 rings (SSSR count). The van der Waals surface area contributed by atoms with E-state index in [1.54, 1.807) is 7.11 Å². The van der Waals surface area contributed by atoms with E-state index in [4.69, 9.17) is 10.5 Å². The summed E-state index contributed by atoms with van der Waals surface area (Å²) >= 11 is 1.49. The molecule has 0 saturated carbocycles. The van der Waals surface area contributed by atoms with Crippen molar-refractivity contribution in [3.05, 3.63) is 15.8 Å². The fourth-order valence-corrected chi connectivity index (χ4v) is 2.98. The molecule has 18 heavy (non-hydrogen) atoms. The molecule has 0 unspecified atom stereocenters. The van der Waals surface area contributed by atoms with Gasteiger partial charge in [-0.2, -0.15) is 0 Å². The van der Waals surface area contributed by atoms with Crippen molar-refractivity contribution in [2.45, 2.75) is 25.8 Å². The van der Waals surface area contributed by atoms with Gasteiger partial charge >= 0.3 is 0 Å². The highest BCUT2D eigenvalue weighted by molar-refractivity contribution is 7.14. The highest BCUT2D eigenvalue weighted by atomic mass is 35.5. The van der Waals surface area contributed by atoms with E-state index in [-0.39, 0.29) is 24.4 Å². The van der Waals surface area contributed by atoms with Crippen molar-refractivity contribution in [1.29, 1.82) is 0 Å². The average molecular weight is 291 g/mol. The molecule has 1 aromatic heterocycles. The molecule has 0 atom stereocenters. The number of rotatable bonds is 2. The average Bonchev–Trinajstić information content (AvgIpc) is 2.70. The van der Waals surface area contributed by atoms with Crippen LogP contribution in [0, 0.1) is 6.92 Å². The van der Waals surface area contributed by atoms with Crippen LogP contribution in [0.15, 0.2) is 6.07 Å². The number of likely N-dealkylation sites (tertiary alicyclic amines) is 1. The van der Waals surface area contributed by atoms with Crippen LogP contribution in [-0.2, 0) is 0 Å². The second-order valence-corrected chi connectivity index (χ2v) is 5.64. The molecule has 0 bridgehead atoms. The van der Waals surface area contributed by atoms with Gasteiger partial charge in [-0.15, -0.1) is 23.7 Å². The number of carbonyl (C=O) groups is 1. The molecule has 102 valence electrons. The lowest BCUT2D eigenvalue weighted by molar-refractivity contribution is 0.0716. The van der Waals surface area contributed by atoms with Crippen molar-refractivity contribution in [3.63, 3.8) is 0 Å². The summed E-state index contributed by atoms with van der Waals surface area (Å²) in [5, 5.41) is 0. The predicted octanol–water partition coefficient (Wildman–Crippen LogP) is 2.05. The van der Waals surface area contributed by atoms with Gasteiger partial charge in [-0.3, -0.25) is 4.79 Å². The fraction of sp³-hybridized carbons (Fsp3) is 0.583. The van der Waals surface area contributed by atoms with E-state index in [0.29, 0.717) is 10.6 Å². The van der Waals surface area contributed by atoms with Gasteiger partial charge in [-0.25, -0.2) is 0 Å². The van der Waals surface area contributed by atoms with E-state index >= 15 is 0 Å². The second-order valence-electron chi connectivity index (χ2n) is 4.38. The summed E-state index contributed by atoms with van der Waals surface area (Å²) in [6.07, 6.45) is 1.77. The van der Waals surface area contributed by atoms with Gasteiger partial charge in [0.1, 0.15) is 10.6 Å². The van der Waals surface area contributed by atoms with Gasteiger partial charge in [0.25, 0.3) is 5.91 Å². The van der Waals surface area contributed by atoms with Crippen molar-refractivity contribution in [1.82, 2.24) is 4.90 Å². The third kappa shape index (κ3) is 3.16. The first-order valence-electron chi connectivity index (χ1n) is 5.81. The van der Waals surface area contributed by atoms with Crippen LogP contribution in [0.3, 0.4) is 0 Å². The molecule has 1 saturated heterocycles. The Kier molecular flexibility index (Phi) is 5.44. The van der Waals surface area contributed by atoms with Gasteiger partial charge in [-0.1, -0.05) is 0 Å². The number of halogens is 1. The van der Waals surface area contributed by atoms with Crippen LogP contribution in [0.2, 0.25) is 0 Å². The van der Waals surface area contributed by atoms with Crippen molar-refractivity contribution in [2.75, 3.05) is 20.2 Å². The summed E-state index contributed by atoms with van der Waals surface area (Å²) < 4.78 is 5.24. The Morgan fingerprint density at radius 2 is 2.11 bits per heavy atom. The highest BCUT2D eigenvalue weighted by Gasteiger charge is 2.25. The molecule has 1 amide bonds. The maximum Gasteiger partial charge on any atom is 0.267 e. The predicted molar refractivity (Wildman–Crippen MR) is 76.0 cm³/mol. The standard InChI is InChI=1S/C12H18N2O2S.ClH/c1-8-7-10(16-2)11(17-8)12(15)14-5-3-9(13)4-6-14;/h7,9H,3-6,13H2,1-2H3;1H. The zero-order valence-electron chi connectivity index (χ0n) is 10.6. The van der Waals surface area contributed by atoms with Crippen LogP contribution in [0.5, 0.6) is 5.75 Å². The van der Waals surface area contributed by atoms with E-state index < -0.39 is 0 Å². The molecule has 1 aromatic rings. The number of hydrogen-bond donors (Lipinski definition) is 1. The van der Waals surface area contributed by atoms with E-state index in [1.807, 2.05) is 17.9 Å². The van der Waals surface area contributed by atoms with E-state index in [9.17, 15) is 4.79 Å². The lowest BCUT2D eigenvalue weighted by Crippen LogP contribution is -2.42. The molecule has 2 N–H and O–H groups in total. The summed E-state index contributed by atoms with van der Waals surface area (Å²) in [7, 11) is 1.60. The largest absolute Gasteiger partial charge is 0.495 e. The Labute approximate surface area is 118 Å². The first-order chi connectivity index (χ1) is 8.11. The van der Waals surface area contributed by atoms with E-state index in [0.717, 1.165) is 30.8 Å². The van der Waals surface area contributed by atoms with Crippen LogP contribution in [0.1, 0.15) is 27.4 Å². The summed E-state index contributed by atoms with van der Waals surface area (Å²) in [6, 6.07) is 2.15. The molecule has 2 heterocycles. The van der Waals surface area contributed by atoms with Crippen molar-refractivity contribution >= 4 is 29.7 Å². The van der Waals surface area contributed by atoms with Crippen LogP contribution in [-0.4, -0.2) is 37.0 Å². The minimum atomic E-state index is 0. The Hall–Kier alpha value is -0.780. The molecule has 1 aliphatic heterocycles. The van der Waals surface area contributed by atoms with Crippen LogP contribution in [0.4, 0.5) is 0 Å². The molecule has 0 spiro atoms. The van der Waals surface area contributed by atoms with Gasteiger partial charge in [-0.05, 0) is 25.8 Å². The number of aryl methyl sites for hydroxylation is 1. The third-order valence-corrected chi connectivity index (χ3v) is 4.08. The third-order valence-electron chi connectivity index (χ3n) is 3.06. The van der Waals surface area contributed by atoms with Crippen molar-refractivity contribution in [2.24, 2.45) is 5.73 Å². The van der Waals surface area contributed by atoms with Crippen molar-refractivity contribution in [3.8, 4) is 5.75 Å². The van der Waals surface area contributed by atoms with E-state index in [1.165, 1.54) is 11.3 Å². The van der Waals surface area contributed by atoms with Gasteiger partial charge in [0.05, 0.1) is 7.11 Å². The summed E-state index contributed by atoms with van der Waals surface area (Å²) in [6.45, 7) is 3.48. The number of hydrogen-bond acceptors (Lipinski definition) is 4. The Balaban J connectivity index is 0.00000162. The number of methoxy groups -OCH3 is 1. The normalized spacial score (nSPS) is 16.3. The molecular weight excluding hydrogens is 272 g/mol. The molecule has 1 aliphatic rings. The SMILES string of the molecule is COc1cc(C)sc1C(=O)N1CCC(N)CC1.Cl. The van der Waals surface area contributed by atoms with Gasteiger partial charge in [0.15, 0.2) is 0 Å². The number of ether oxygens (including phenoxy) is 1. The lowest BCUT2D eigenvalue weighted by Gasteiger charge is -2.29. The fourth-order valence-electron chi connectivity index (χ4n) is 2.04. The zero-order valence-corrected chi connectivity index (χ0v) is 12.3. The van der Waals surface area contributed by atoms with Crippen molar-refractivity contribution < 1.29 is 9.53 Å². The Bertz CT molecular complexity index is 414. The number of nitrogens with two attached hydrogens (primary N) is 1. The van der Waals surface area contributed by atoms with Crippen LogP contribution < -0.4 is 10.5 Å². The molecule has 0 aliphatic carbocycles. The molecule has 0 radical (unpaired) electrons. The number of amides is 1. The first-order valence-corrected chi connectivity index (χ1v) is 6.62. The van der Waals surface area contributed by atoms with Crippen LogP contribution in [0.25, 0.3) is 0 Å². The Morgan fingerprint density at radius 3 is 2.67 bits per heavy atom. The zero-order chi connectivity index (χ0) is 12.4. The molecule has 4 nitrogen and oxygen atoms in total. The monoisotopic (exact) mass is 290 g/mol. The van der Waals surface area contributed by atoms with Gasteiger partial charge in [0, 0.05) is 24.0 Å². The lowest BCUT2D eigenvalue weighted by atomic mass is 10.1. The molecule has 1 fully saturated rings. The first kappa shape index (κ1) is 15.3. The number of carbonyl (C=O) groups excluding carboxylic acids is 1. The quantitative estimate of drug-likeness (QED) is 0.907. The molecular formula is C12H19ClN2O2S. The minimum absolute atomic E-state index is 0. The number of piperidine rings is 1. The van der Waals surface area contributed by atoms with Gasteiger partial charge < -0.3 is 15.4 Å². The number of nitrogens with zero attached hydrogens (tertiary/aromatic N) is 1. The Morgan fingerprint density at radius 1 is 1.50 bits per heavy atom. The second kappa shape index (κ2) is 6.41. The summed E-state index contributed by atoms with van der Waals surface area (Å²) in [5.41, 5.74) is 5.84. The highest BCUT2D eigenvalue weighted by Crippen LogP contribution is 2.30. The minimum Gasteiger partial charge on any atom is -0.495 e. The topological polar surface area (TPSA) is 55.6 Å². The smallest absolute Gasteiger partial charge is 0.267 e.